The first-order valence-electron chi connectivity index (χ1n) is 6.27. The Bertz CT molecular complexity index is 357. The minimum Gasteiger partial charge on any atom is -0.459 e. The Morgan fingerprint density at radius 3 is 2.83 bits per heavy atom. The van der Waals surface area contributed by atoms with E-state index in [1.807, 2.05) is 30.3 Å². The summed E-state index contributed by atoms with van der Waals surface area (Å²) in [5.74, 6) is -0.354. The summed E-state index contributed by atoms with van der Waals surface area (Å²) in [6.45, 7) is 0.954. The van der Waals surface area contributed by atoms with Crippen LogP contribution < -0.4 is 0 Å². The van der Waals surface area contributed by atoms with E-state index >= 15 is 0 Å². The van der Waals surface area contributed by atoms with Crippen LogP contribution in [0, 0.1) is 0 Å². The SMILES string of the molecule is O=C(COC1CCCCO1)OCc1ccccc1. The zero-order valence-electron chi connectivity index (χ0n) is 10.3. The second-order valence-corrected chi connectivity index (χ2v) is 4.25. The number of esters is 1. The molecule has 0 aromatic heterocycles. The summed E-state index contributed by atoms with van der Waals surface area (Å²) in [5, 5.41) is 0. The zero-order chi connectivity index (χ0) is 12.6. The number of carbonyl (C=O) groups excluding carboxylic acids is 1. The fourth-order valence-electron chi connectivity index (χ4n) is 1.78. The van der Waals surface area contributed by atoms with Crippen LogP contribution >= 0.6 is 0 Å². The van der Waals surface area contributed by atoms with Crippen molar-refractivity contribution in [1.29, 1.82) is 0 Å². The van der Waals surface area contributed by atoms with Gasteiger partial charge < -0.3 is 14.2 Å². The zero-order valence-corrected chi connectivity index (χ0v) is 10.3. The molecule has 0 aliphatic carbocycles. The van der Waals surface area contributed by atoms with E-state index in [1.165, 1.54) is 0 Å². The average Bonchev–Trinajstić information content (AvgIpc) is 2.45. The van der Waals surface area contributed by atoms with Gasteiger partial charge in [0.1, 0.15) is 13.2 Å². The maximum Gasteiger partial charge on any atom is 0.332 e. The van der Waals surface area contributed by atoms with Gasteiger partial charge >= 0.3 is 5.97 Å². The summed E-state index contributed by atoms with van der Waals surface area (Å²) in [7, 11) is 0. The van der Waals surface area contributed by atoms with Crippen LogP contribution in [0.25, 0.3) is 0 Å². The molecule has 0 saturated carbocycles. The van der Waals surface area contributed by atoms with Crippen LogP contribution in [-0.4, -0.2) is 25.5 Å². The van der Waals surface area contributed by atoms with Crippen molar-refractivity contribution in [3.05, 3.63) is 35.9 Å². The Hall–Kier alpha value is -1.39. The van der Waals surface area contributed by atoms with Gasteiger partial charge in [-0.15, -0.1) is 0 Å². The molecule has 0 bridgehead atoms. The topological polar surface area (TPSA) is 44.8 Å². The Balaban J connectivity index is 1.63. The molecule has 1 aromatic rings. The van der Waals surface area contributed by atoms with Crippen LogP contribution in [-0.2, 0) is 25.6 Å². The van der Waals surface area contributed by atoms with Crippen LogP contribution in [0.5, 0.6) is 0 Å². The molecule has 2 rings (SSSR count). The lowest BCUT2D eigenvalue weighted by Gasteiger charge is -2.22. The second-order valence-electron chi connectivity index (χ2n) is 4.25. The Kier molecular flexibility index (Phi) is 5.17. The molecule has 0 radical (unpaired) electrons. The lowest BCUT2D eigenvalue weighted by Crippen LogP contribution is -2.25. The highest BCUT2D eigenvalue weighted by molar-refractivity contribution is 5.70. The van der Waals surface area contributed by atoms with E-state index in [0.29, 0.717) is 6.61 Å². The number of rotatable bonds is 5. The summed E-state index contributed by atoms with van der Waals surface area (Å²) < 4.78 is 15.8. The molecule has 4 nitrogen and oxygen atoms in total. The van der Waals surface area contributed by atoms with Crippen molar-refractivity contribution in [2.45, 2.75) is 32.2 Å². The number of benzene rings is 1. The average molecular weight is 250 g/mol. The van der Waals surface area contributed by atoms with E-state index < -0.39 is 0 Å². The molecule has 0 spiro atoms. The molecular formula is C14H18O4. The van der Waals surface area contributed by atoms with Gasteiger partial charge in [-0.1, -0.05) is 30.3 Å². The van der Waals surface area contributed by atoms with Gasteiger partial charge in [0.25, 0.3) is 0 Å². The summed E-state index contributed by atoms with van der Waals surface area (Å²) in [4.78, 5) is 11.5. The van der Waals surface area contributed by atoms with Gasteiger partial charge in [0, 0.05) is 6.61 Å². The first-order valence-corrected chi connectivity index (χ1v) is 6.27. The fourth-order valence-corrected chi connectivity index (χ4v) is 1.78. The molecule has 1 aliphatic rings. The monoisotopic (exact) mass is 250 g/mol. The Labute approximate surface area is 107 Å². The maximum atomic E-state index is 11.5. The van der Waals surface area contributed by atoms with E-state index in [0.717, 1.165) is 24.8 Å². The third-order valence-corrected chi connectivity index (χ3v) is 2.77. The minimum absolute atomic E-state index is 0.0441. The normalized spacial score (nSPS) is 19.4. The molecule has 0 N–H and O–H groups in total. The molecule has 1 saturated heterocycles. The predicted octanol–water partition coefficient (Wildman–Crippen LogP) is 2.27. The lowest BCUT2D eigenvalue weighted by atomic mass is 10.2. The summed E-state index contributed by atoms with van der Waals surface area (Å²) >= 11 is 0. The molecule has 1 heterocycles. The van der Waals surface area contributed by atoms with Gasteiger partial charge in [-0.05, 0) is 24.8 Å². The van der Waals surface area contributed by atoms with E-state index in [1.54, 1.807) is 0 Å². The molecule has 1 atom stereocenters. The highest BCUT2D eigenvalue weighted by Gasteiger charge is 2.15. The van der Waals surface area contributed by atoms with Crippen molar-refractivity contribution in [3.63, 3.8) is 0 Å². The smallest absolute Gasteiger partial charge is 0.332 e. The lowest BCUT2D eigenvalue weighted by molar-refractivity contribution is -0.182. The number of carbonyl (C=O) groups is 1. The van der Waals surface area contributed by atoms with Gasteiger partial charge in [0.15, 0.2) is 6.29 Å². The van der Waals surface area contributed by atoms with E-state index in [9.17, 15) is 4.79 Å². The van der Waals surface area contributed by atoms with Crippen LogP contribution in [0.1, 0.15) is 24.8 Å². The van der Waals surface area contributed by atoms with Gasteiger partial charge in [-0.3, -0.25) is 0 Å². The molecule has 18 heavy (non-hydrogen) atoms. The summed E-state index contributed by atoms with van der Waals surface area (Å²) in [5.41, 5.74) is 0.972. The minimum atomic E-state index is -0.354. The third-order valence-electron chi connectivity index (χ3n) is 2.77. The highest BCUT2D eigenvalue weighted by atomic mass is 16.7. The van der Waals surface area contributed by atoms with E-state index in [-0.39, 0.29) is 25.5 Å². The van der Waals surface area contributed by atoms with E-state index in [2.05, 4.69) is 0 Å². The number of ether oxygens (including phenoxy) is 3. The molecule has 98 valence electrons. The first kappa shape index (κ1) is 13.1. The molecule has 4 heteroatoms. The van der Waals surface area contributed by atoms with Gasteiger partial charge in [0.05, 0.1) is 0 Å². The van der Waals surface area contributed by atoms with Crippen molar-refractivity contribution >= 4 is 5.97 Å². The van der Waals surface area contributed by atoms with Crippen LogP contribution in [0.3, 0.4) is 0 Å². The third kappa shape index (κ3) is 4.47. The first-order chi connectivity index (χ1) is 8.84. The second kappa shape index (κ2) is 7.13. The van der Waals surface area contributed by atoms with Gasteiger partial charge in [-0.25, -0.2) is 4.79 Å². The predicted molar refractivity (Wildman–Crippen MR) is 65.8 cm³/mol. The van der Waals surface area contributed by atoms with E-state index in [4.69, 9.17) is 14.2 Å². The van der Waals surface area contributed by atoms with Crippen LogP contribution in [0.15, 0.2) is 30.3 Å². The molecule has 0 amide bonds. The molecule has 1 aromatic carbocycles. The fraction of sp³-hybridized carbons (Fsp3) is 0.500. The highest BCUT2D eigenvalue weighted by Crippen LogP contribution is 2.13. The van der Waals surface area contributed by atoms with Crippen molar-refractivity contribution < 1.29 is 19.0 Å². The van der Waals surface area contributed by atoms with Gasteiger partial charge in [-0.2, -0.15) is 0 Å². The molecule has 1 unspecified atom stereocenters. The van der Waals surface area contributed by atoms with Crippen molar-refractivity contribution in [2.24, 2.45) is 0 Å². The van der Waals surface area contributed by atoms with Crippen molar-refractivity contribution in [3.8, 4) is 0 Å². The standard InChI is InChI=1S/C14H18O4/c15-13(11-18-14-8-4-5-9-16-14)17-10-12-6-2-1-3-7-12/h1-3,6-7,14H,4-5,8-11H2. The Morgan fingerprint density at radius 1 is 1.28 bits per heavy atom. The van der Waals surface area contributed by atoms with Crippen molar-refractivity contribution in [1.82, 2.24) is 0 Å². The number of hydrogen-bond acceptors (Lipinski definition) is 4. The maximum absolute atomic E-state index is 11.5. The Morgan fingerprint density at radius 2 is 2.11 bits per heavy atom. The van der Waals surface area contributed by atoms with Crippen molar-refractivity contribution in [2.75, 3.05) is 13.2 Å². The summed E-state index contributed by atoms with van der Waals surface area (Å²) in [6, 6.07) is 9.58. The molecular weight excluding hydrogens is 232 g/mol. The summed E-state index contributed by atoms with van der Waals surface area (Å²) in [6.07, 6.45) is 2.76. The molecule has 1 fully saturated rings. The van der Waals surface area contributed by atoms with Crippen LogP contribution in [0.2, 0.25) is 0 Å². The van der Waals surface area contributed by atoms with Gasteiger partial charge in [0.2, 0.25) is 0 Å². The molecule has 1 aliphatic heterocycles. The number of hydrogen-bond donors (Lipinski definition) is 0. The quantitative estimate of drug-likeness (QED) is 0.752. The van der Waals surface area contributed by atoms with Crippen LogP contribution in [0.4, 0.5) is 0 Å². The largest absolute Gasteiger partial charge is 0.459 e.